The van der Waals surface area contributed by atoms with Gasteiger partial charge in [0.2, 0.25) is 0 Å². The number of nitriles is 1. The van der Waals surface area contributed by atoms with Crippen LogP contribution in [0.25, 0.3) is 0 Å². The molecule has 3 unspecified atom stereocenters. The van der Waals surface area contributed by atoms with E-state index in [1.807, 2.05) is 0 Å². The minimum atomic E-state index is 0.203. The lowest BCUT2D eigenvalue weighted by molar-refractivity contribution is 0.126. The van der Waals surface area contributed by atoms with Gasteiger partial charge in [0, 0.05) is 27.3 Å². The lowest BCUT2D eigenvalue weighted by Gasteiger charge is -2.37. The van der Waals surface area contributed by atoms with Crippen molar-refractivity contribution < 1.29 is 0 Å². The maximum Gasteiger partial charge on any atom is 0.0672 e. The summed E-state index contributed by atoms with van der Waals surface area (Å²) in [4.78, 5) is 3.72. The van der Waals surface area contributed by atoms with E-state index < -0.39 is 0 Å². The van der Waals surface area contributed by atoms with Crippen LogP contribution >= 0.6 is 27.3 Å². The quantitative estimate of drug-likeness (QED) is 0.829. The minimum absolute atomic E-state index is 0.203. The van der Waals surface area contributed by atoms with Crippen LogP contribution in [0.2, 0.25) is 0 Å². The molecule has 1 aliphatic carbocycles. The first-order chi connectivity index (χ1) is 8.60. The Balaban J connectivity index is 2.02. The topological polar surface area (TPSA) is 27.0 Å². The Morgan fingerprint density at radius 2 is 2.33 bits per heavy atom. The summed E-state index contributed by atoms with van der Waals surface area (Å²) in [5.41, 5.74) is 0. The number of hydrogen-bond acceptors (Lipinski definition) is 3. The van der Waals surface area contributed by atoms with Crippen molar-refractivity contribution in [2.75, 3.05) is 7.05 Å². The van der Waals surface area contributed by atoms with E-state index in [1.165, 1.54) is 11.3 Å². The summed E-state index contributed by atoms with van der Waals surface area (Å²) in [6, 6.07) is 5.09. The third-order valence-corrected chi connectivity index (χ3v) is 5.52. The van der Waals surface area contributed by atoms with Crippen molar-refractivity contribution in [3.8, 4) is 6.07 Å². The average Bonchev–Trinajstić information content (AvgIpc) is 2.74. The fourth-order valence-electron chi connectivity index (χ4n) is 2.79. The first kappa shape index (κ1) is 14.0. The molecule has 2 rings (SSSR count). The maximum absolute atomic E-state index is 9.29. The van der Waals surface area contributed by atoms with Crippen molar-refractivity contribution >= 4 is 27.3 Å². The zero-order chi connectivity index (χ0) is 13.1. The molecular formula is C14H19BrN2S. The number of nitrogens with zero attached hydrogens (tertiary/aromatic N) is 2. The van der Waals surface area contributed by atoms with Crippen LogP contribution in [0, 0.1) is 23.2 Å². The first-order valence-electron chi connectivity index (χ1n) is 6.43. The number of halogens is 1. The van der Waals surface area contributed by atoms with Crippen LogP contribution < -0.4 is 0 Å². The van der Waals surface area contributed by atoms with Gasteiger partial charge in [-0.3, -0.25) is 4.90 Å². The predicted molar refractivity (Wildman–Crippen MR) is 79.4 cm³/mol. The van der Waals surface area contributed by atoms with Crippen LogP contribution in [0.3, 0.4) is 0 Å². The molecule has 1 aromatic heterocycles. The summed E-state index contributed by atoms with van der Waals surface area (Å²) in [5.74, 6) is 0.951. The third kappa shape index (κ3) is 3.34. The Morgan fingerprint density at radius 3 is 2.94 bits per heavy atom. The van der Waals surface area contributed by atoms with E-state index in [-0.39, 0.29) is 5.92 Å². The van der Waals surface area contributed by atoms with Gasteiger partial charge >= 0.3 is 0 Å². The van der Waals surface area contributed by atoms with Crippen molar-refractivity contribution in [2.45, 2.75) is 38.8 Å². The summed E-state index contributed by atoms with van der Waals surface area (Å²) < 4.78 is 1.16. The maximum atomic E-state index is 9.29. The van der Waals surface area contributed by atoms with E-state index in [9.17, 15) is 5.26 Å². The second kappa shape index (κ2) is 6.18. The monoisotopic (exact) mass is 326 g/mol. The average molecular weight is 327 g/mol. The van der Waals surface area contributed by atoms with Crippen molar-refractivity contribution in [3.63, 3.8) is 0 Å². The van der Waals surface area contributed by atoms with Gasteiger partial charge in [-0.05, 0) is 54.2 Å². The SMILES string of the molecule is CC1CCC(C#N)C(N(C)Cc2cc(Br)cs2)C1. The Morgan fingerprint density at radius 1 is 1.56 bits per heavy atom. The Kier molecular flexibility index (Phi) is 4.83. The van der Waals surface area contributed by atoms with Gasteiger partial charge in [0.25, 0.3) is 0 Å². The highest BCUT2D eigenvalue weighted by atomic mass is 79.9. The summed E-state index contributed by atoms with van der Waals surface area (Å²) >= 11 is 5.27. The van der Waals surface area contributed by atoms with Crippen molar-refractivity contribution in [3.05, 3.63) is 20.8 Å². The van der Waals surface area contributed by atoms with E-state index >= 15 is 0 Å². The van der Waals surface area contributed by atoms with Crippen LogP contribution in [-0.2, 0) is 6.54 Å². The largest absolute Gasteiger partial charge is 0.297 e. The molecule has 0 spiro atoms. The molecular weight excluding hydrogens is 308 g/mol. The zero-order valence-electron chi connectivity index (χ0n) is 10.9. The standard InChI is InChI=1S/C14H19BrN2S/c1-10-3-4-11(7-16)14(5-10)17(2)8-13-6-12(15)9-18-13/h6,9-11,14H,3-5,8H2,1-2H3. The molecule has 0 amide bonds. The second-order valence-corrected chi connectivity index (χ2v) is 7.28. The van der Waals surface area contributed by atoms with E-state index in [0.717, 1.165) is 29.8 Å². The molecule has 18 heavy (non-hydrogen) atoms. The fourth-order valence-corrected chi connectivity index (χ4v) is 4.30. The smallest absolute Gasteiger partial charge is 0.0672 e. The molecule has 0 aliphatic heterocycles. The van der Waals surface area contributed by atoms with Gasteiger partial charge in [-0.2, -0.15) is 5.26 Å². The number of thiophene rings is 1. The van der Waals surface area contributed by atoms with E-state index in [1.54, 1.807) is 11.3 Å². The Bertz CT molecular complexity index is 437. The first-order valence-corrected chi connectivity index (χ1v) is 8.10. The van der Waals surface area contributed by atoms with Crippen molar-refractivity contribution in [1.29, 1.82) is 5.26 Å². The predicted octanol–water partition coefficient (Wildman–Crippen LogP) is 4.27. The van der Waals surface area contributed by atoms with Crippen LogP contribution in [0.1, 0.15) is 31.1 Å². The van der Waals surface area contributed by atoms with E-state index in [0.29, 0.717) is 6.04 Å². The molecule has 0 saturated heterocycles. The van der Waals surface area contributed by atoms with Gasteiger partial charge in [-0.1, -0.05) is 6.92 Å². The number of rotatable bonds is 3. The minimum Gasteiger partial charge on any atom is -0.297 e. The second-order valence-electron chi connectivity index (χ2n) is 5.37. The molecule has 1 saturated carbocycles. The lowest BCUT2D eigenvalue weighted by atomic mass is 9.79. The highest BCUT2D eigenvalue weighted by molar-refractivity contribution is 9.10. The lowest BCUT2D eigenvalue weighted by Crippen LogP contribution is -2.41. The summed E-state index contributed by atoms with van der Waals surface area (Å²) in [7, 11) is 2.15. The fraction of sp³-hybridized carbons (Fsp3) is 0.643. The van der Waals surface area contributed by atoms with Crippen molar-refractivity contribution in [2.24, 2.45) is 11.8 Å². The Hall–Kier alpha value is -0.370. The molecule has 0 aromatic carbocycles. The molecule has 4 heteroatoms. The summed E-state index contributed by atoms with van der Waals surface area (Å²) in [6.07, 6.45) is 3.41. The zero-order valence-corrected chi connectivity index (χ0v) is 13.3. The molecule has 1 fully saturated rings. The van der Waals surface area contributed by atoms with Gasteiger partial charge in [0.1, 0.15) is 0 Å². The molecule has 0 bridgehead atoms. The van der Waals surface area contributed by atoms with Gasteiger partial charge < -0.3 is 0 Å². The van der Waals surface area contributed by atoms with Gasteiger partial charge in [-0.15, -0.1) is 11.3 Å². The van der Waals surface area contributed by atoms with E-state index in [4.69, 9.17) is 0 Å². The highest BCUT2D eigenvalue weighted by Crippen LogP contribution is 2.32. The van der Waals surface area contributed by atoms with E-state index in [2.05, 4.69) is 52.3 Å². The number of hydrogen-bond donors (Lipinski definition) is 0. The molecule has 1 aromatic rings. The van der Waals surface area contributed by atoms with Crippen LogP contribution in [0.5, 0.6) is 0 Å². The van der Waals surface area contributed by atoms with Gasteiger partial charge in [0.15, 0.2) is 0 Å². The molecule has 1 aliphatic rings. The summed E-state index contributed by atoms with van der Waals surface area (Å²) in [6.45, 7) is 3.25. The molecule has 2 nitrogen and oxygen atoms in total. The molecule has 1 heterocycles. The molecule has 0 radical (unpaired) electrons. The van der Waals surface area contributed by atoms with Gasteiger partial charge in [0.05, 0.1) is 12.0 Å². The molecule has 0 N–H and O–H groups in total. The van der Waals surface area contributed by atoms with Crippen LogP contribution in [0.15, 0.2) is 15.9 Å². The highest BCUT2D eigenvalue weighted by Gasteiger charge is 2.31. The Labute approximate surface area is 122 Å². The normalized spacial score (nSPS) is 28.3. The van der Waals surface area contributed by atoms with Crippen LogP contribution in [0.4, 0.5) is 0 Å². The molecule has 3 atom stereocenters. The van der Waals surface area contributed by atoms with Gasteiger partial charge in [-0.25, -0.2) is 0 Å². The third-order valence-electron chi connectivity index (χ3n) is 3.84. The van der Waals surface area contributed by atoms with Crippen molar-refractivity contribution in [1.82, 2.24) is 4.90 Å². The van der Waals surface area contributed by atoms with Crippen LogP contribution in [-0.4, -0.2) is 18.0 Å². The molecule has 98 valence electrons. The summed E-state index contributed by atoms with van der Waals surface area (Å²) in [5, 5.41) is 11.4.